The minimum absolute atomic E-state index is 0.0127. The van der Waals surface area contributed by atoms with Crippen LogP contribution in [0.15, 0.2) is 30.3 Å². The van der Waals surface area contributed by atoms with Gasteiger partial charge in [-0.05, 0) is 35.9 Å². The maximum atomic E-state index is 13.3. The molecule has 0 aliphatic rings. The number of aliphatic carboxylic acids is 1. The first-order chi connectivity index (χ1) is 12.4. The molecule has 0 spiro atoms. The number of hydrogen-bond donors (Lipinski definition) is 2. The van der Waals surface area contributed by atoms with Gasteiger partial charge in [0.25, 0.3) is 0 Å². The Hall–Kier alpha value is -2.64. The Morgan fingerprint density at radius 3 is 2.69 bits per heavy atom. The Bertz CT molecular complexity index is 1010. The lowest BCUT2D eigenvalue weighted by Gasteiger charge is -2.13. The van der Waals surface area contributed by atoms with E-state index in [9.17, 15) is 9.18 Å². The topological polar surface area (TPSA) is 84.3 Å². The number of carboxylic acids is 1. The van der Waals surface area contributed by atoms with Gasteiger partial charge in [0.1, 0.15) is 17.4 Å². The van der Waals surface area contributed by atoms with Crippen LogP contribution >= 0.6 is 23.2 Å². The van der Waals surface area contributed by atoms with Crippen LogP contribution < -0.4 is 10.1 Å². The third-order valence-corrected chi connectivity index (χ3v) is 4.05. The SMILES string of the molecule is COc1cc2nc(Cl)nc(Nc3ccc(F)c(Cl)c3)c2cc1CC(=O)O. The molecule has 0 fully saturated rings. The van der Waals surface area contributed by atoms with Crippen molar-refractivity contribution in [3.8, 4) is 5.75 Å². The summed E-state index contributed by atoms with van der Waals surface area (Å²) in [5, 5.41) is 12.6. The number of rotatable bonds is 5. The molecule has 1 aromatic heterocycles. The van der Waals surface area contributed by atoms with Gasteiger partial charge in [-0.1, -0.05) is 11.6 Å². The van der Waals surface area contributed by atoms with Gasteiger partial charge in [0.05, 0.1) is 24.1 Å². The van der Waals surface area contributed by atoms with Gasteiger partial charge in [0.2, 0.25) is 5.28 Å². The number of fused-ring (bicyclic) bond motifs is 1. The third-order valence-electron chi connectivity index (χ3n) is 3.59. The number of ether oxygens (including phenoxy) is 1. The maximum absolute atomic E-state index is 13.3. The summed E-state index contributed by atoms with van der Waals surface area (Å²) in [6.45, 7) is 0. The molecular weight excluding hydrogens is 384 g/mol. The van der Waals surface area contributed by atoms with Crippen molar-refractivity contribution in [2.75, 3.05) is 12.4 Å². The van der Waals surface area contributed by atoms with Crippen LogP contribution in [-0.2, 0) is 11.2 Å². The lowest BCUT2D eigenvalue weighted by molar-refractivity contribution is -0.136. The van der Waals surface area contributed by atoms with E-state index >= 15 is 0 Å². The van der Waals surface area contributed by atoms with Crippen molar-refractivity contribution in [3.05, 3.63) is 52.0 Å². The van der Waals surface area contributed by atoms with Crippen molar-refractivity contribution in [3.63, 3.8) is 0 Å². The fourth-order valence-corrected chi connectivity index (χ4v) is 2.83. The summed E-state index contributed by atoms with van der Waals surface area (Å²) in [6.07, 6.45) is -0.233. The highest BCUT2D eigenvalue weighted by Crippen LogP contribution is 2.32. The van der Waals surface area contributed by atoms with Crippen molar-refractivity contribution < 1.29 is 19.0 Å². The molecule has 0 amide bonds. The number of hydrogen-bond acceptors (Lipinski definition) is 5. The minimum Gasteiger partial charge on any atom is -0.496 e. The monoisotopic (exact) mass is 395 g/mol. The molecule has 0 saturated heterocycles. The Balaban J connectivity index is 2.13. The quantitative estimate of drug-likeness (QED) is 0.620. The van der Waals surface area contributed by atoms with Crippen molar-refractivity contribution in [2.45, 2.75) is 6.42 Å². The standard InChI is InChI=1S/C17H12Cl2FN3O3/c1-26-14-7-13-10(4-8(14)5-15(24)25)16(23-17(19)22-13)21-9-2-3-12(20)11(18)6-9/h2-4,6-7H,5H2,1H3,(H,24,25)(H,21,22,23). The normalized spacial score (nSPS) is 10.8. The molecule has 1 heterocycles. The molecule has 2 aromatic carbocycles. The highest BCUT2D eigenvalue weighted by Gasteiger charge is 2.15. The zero-order valence-corrected chi connectivity index (χ0v) is 14.9. The van der Waals surface area contributed by atoms with Crippen LogP contribution in [0.5, 0.6) is 5.75 Å². The number of halogens is 3. The Morgan fingerprint density at radius 2 is 2.04 bits per heavy atom. The van der Waals surface area contributed by atoms with Gasteiger partial charge in [0.15, 0.2) is 0 Å². The number of benzene rings is 2. The van der Waals surface area contributed by atoms with Crippen LogP contribution in [0.1, 0.15) is 5.56 Å². The zero-order chi connectivity index (χ0) is 18.8. The maximum Gasteiger partial charge on any atom is 0.307 e. The highest BCUT2D eigenvalue weighted by atomic mass is 35.5. The molecule has 0 atom stereocenters. The second-order valence-corrected chi connectivity index (χ2v) is 6.09. The lowest BCUT2D eigenvalue weighted by atomic mass is 10.1. The molecule has 0 bridgehead atoms. The van der Waals surface area contributed by atoms with Crippen molar-refractivity contribution in [1.29, 1.82) is 0 Å². The smallest absolute Gasteiger partial charge is 0.307 e. The third kappa shape index (κ3) is 3.79. The number of carboxylic acid groups (broad SMARTS) is 1. The number of nitrogens with one attached hydrogen (secondary N) is 1. The molecule has 2 N–H and O–H groups in total. The molecule has 26 heavy (non-hydrogen) atoms. The first-order valence-corrected chi connectivity index (χ1v) is 8.11. The molecule has 0 unspecified atom stereocenters. The van der Waals surface area contributed by atoms with Gasteiger partial charge in [-0.3, -0.25) is 4.79 Å². The number of carbonyl (C=O) groups is 1. The second-order valence-electron chi connectivity index (χ2n) is 5.35. The first kappa shape index (κ1) is 18.2. The van der Waals surface area contributed by atoms with Crippen molar-refractivity contribution >= 4 is 51.6 Å². The largest absolute Gasteiger partial charge is 0.496 e. The summed E-state index contributed by atoms with van der Waals surface area (Å²) in [5.41, 5.74) is 1.41. The number of anilines is 2. The summed E-state index contributed by atoms with van der Waals surface area (Å²) >= 11 is 11.8. The lowest BCUT2D eigenvalue weighted by Crippen LogP contribution is -2.04. The van der Waals surface area contributed by atoms with E-state index in [1.807, 2.05) is 0 Å². The molecule has 0 aliphatic heterocycles. The van der Waals surface area contributed by atoms with Crippen LogP contribution in [-0.4, -0.2) is 28.2 Å². The minimum atomic E-state index is -1.00. The van der Waals surface area contributed by atoms with E-state index in [1.54, 1.807) is 12.1 Å². The molecule has 0 saturated carbocycles. The van der Waals surface area contributed by atoms with E-state index in [1.165, 1.54) is 25.3 Å². The van der Waals surface area contributed by atoms with Gasteiger partial charge in [-0.2, -0.15) is 4.98 Å². The second kappa shape index (κ2) is 7.31. The van der Waals surface area contributed by atoms with Crippen LogP contribution in [0.3, 0.4) is 0 Å². The molecule has 6 nitrogen and oxygen atoms in total. The average Bonchev–Trinajstić information content (AvgIpc) is 2.57. The van der Waals surface area contributed by atoms with E-state index in [2.05, 4.69) is 15.3 Å². The molecular formula is C17H12Cl2FN3O3. The van der Waals surface area contributed by atoms with E-state index in [0.717, 1.165) is 0 Å². The molecule has 3 aromatic rings. The summed E-state index contributed by atoms with van der Waals surface area (Å²) in [7, 11) is 1.44. The molecule has 0 aliphatic carbocycles. The summed E-state index contributed by atoms with van der Waals surface area (Å²) < 4.78 is 18.6. The fraction of sp³-hybridized carbons (Fsp3) is 0.118. The highest BCUT2D eigenvalue weighted by molar-refractivity contribution is 6.31. The van der Waals surface area contributed by atoms with E-state index < -0.39 is 11.8 Å². The van der Waals surface area contributed by atoms with Crippen molar-refractivity contribution in [2.24, 2.45) is 0 Å². The van der Waals surface area contributed by atoms with Gasteiger partial charge in [0, 0.05) is 22.7 Å². The average molecular weight is 396 g/mol. The van der Waals surface area contributed by atoms with Crippen LogP contribution in [0.4, 0.5) is 15.9 Å². The number of nitrogens with zero attached hydrogens (tertiary/aromatic N) is 2. The van der Waals surface area contributed by atoms with Gasteiger partial charge in [-0.25, -0.2) is 9.37 Å². The van der Waals surface area contributed by atoms with Gasteiger partial charge < -0.3 is 15.2 Å². The Morgan fingerprint density at radius 1 is 1.27 bits per heavy atom. The van der Waals surface area contributed by atoms with E-state index in [-0.39, 0.29) is 16.7 Å². The van der Waals surface area contributed by atoms with Crippen molar-refractivity contribution in [1.82, 2.24) is 9.97 Å². The summed E-state index contributed by atoms with van der Waals surface area (Å²) in [5.74, 6) is -0.837. The predicted molar refractivity (Wildman–Crippen MR) is 97.1 cm³/mol. The van der Waals surface area contributed by atoms with Crippen LogP contribution in [0.25, 0.3) is 10.9 Å². The molecule has 3 rings (SSSR count). The first-order valence-electron chi connectivity index (χ1n) is 7.35. The predicted octanol–water partition coefficient (Wildman–Crippen LogP) is 4.46. The summed E-state index contributed by atoms with van der Waals surface area (Å²) in [4.78, 5) is 19.4. The Labute approximate surface area is 157 Å². The Kier molecular flexibility index (Phi) is 5.11. The number of aromatic nitrogens is 2. The zero-order valence-electron chi connectivity index (χ0n) is 13.4. The van der Waals surface area contributed by atoms with Gasteiger partial charge in [-0.15, -0.1) is 0 Å². The summed E-state index contributed by atoms with van der Waals surface area (Å²) in [6, 6.07) is 7.32. The molecule has 134 valence electrons. The number of methoxy groups -OCH3 is 1. The van der Waals surface area contributed by atoms with Crippen LogP contribution in [0.2, 0.25) is 10.3 Å². The van der Waals surface area contributed by atoms with Gasteiger partial charge >= 0.3 is 5.97 Å². The van der Waals surface area contributed by atoms with Crippen LogP contribution in [0, 0.1) is 5.82 Å². The van der Waals surface area contributed by atoms with E-state index in [4.69, 9.17) is 33.0 Å². The molecule has 9 heteroatoms. The fourth-order valence-electron chi connectivity index (χ4n) is 2.47. The molecule has 0 radical (unpaired) electrons. The van der Waals surface area contributed by atoms with E-state index in [0.29, 0.717) is 33.7 Å².